The zero-order valence-corrected chi connectivity index (χ0v) is 25.8. The molecule has 1 N–H and O–H groups in total. The van der Waals surface area contributed by atoms with Crippen LogP contribution in [0.25, 0.3) is 0 Å². The zero-order chi connectivity index (χ0) is 29.7. The molecule has 3 aromatic carbocycles. The third-order valence-electron chi connectivity index (χ3n) is 5.95. The molecule has 11 heteroatoms. The molecule has 0 aliphatic rings. The highest BCUT2D eigenvalue weighted by atomic mass is 35.5. The van der Waals surface area contributed by atoms with Crippen molar-refractivity contribution in [1.82, 2.24) is 10.2 Å². The van der Waals surface area contributed by atoms with Gasteiger partial charge in [0.15, 0.2) is 0 Å². The minimum absolute atomic E-state index is 0.00345. The van der Waals surface area contributed by atoms with Crippen molar-refractivity contribution in [2.24, 2.45) is 0 Å². The molecule has 7 nitrogen and oxygen atoms in total. The molecular weight excluding hydrogens is 593 g/mol. The van der Waals surface area contributed by atoms with E-state index in [0.29, 0.717) is 15.6 Å². The number of rotatable bonds is 10. The number of carbonyl (C=O) groups is 2. The van der Waals surface area contributed by atoms with Crippen molar-refractivity contribution in [1.29, 1.82) is 0 Å². The summed E-state index contributed by atoms with van der Waals surface area (Å²) in [5.74, 6) is -0.958. The second-order valence-corrected chi connectivity index (χ2v) is 13.3. The maximum Gasteiger partial charge on any atom is 0.264 e. The molecule has 0 spiro atoms. The predicted octanol–water partition coefficient (Wildman–Crippen LogP) is 6.56. The molecule has 2 amide bonds. The number of nitrogens with zero attached hydrogens (tertiary/aromatic N) is 2. The highest BCUT2D eigenvalue weighted by Gasteiger charge is 2.35. The molecule has 3 aromatic rings. The fraction of sp³-hybridized carbons (Fsp3) is 0.310. The van der Waals surface area contributed by atoms with Crippen molar-refractivity contribution in [3.05, 3.63) is 93.4 Å². The SMILES string of the molecule is CC[C@H](C(=O)NC(C)(C)C)N(Cc1ccc(Cl)c(Cl)c1)C(=O)CN(c1ccccc1Cl)S(=O)(=O)c1ccccc1. The first-order valence-electron chi connectivity index (χ1n) is 12.6. The number of carbonyl (C=O) groups excluding carboxylic acids is 2. The Kier molecular flexibility index (Phi) is 10.5. The molecular formula is C29H32Cl3N3O4S. The Hall–Kier alpha value is -2.78. The largest absolute Gasteiger partial charge is 0.350 e. The first-order valence-corrected chi connectivity index (χ1v) is 15.2. The van der Waals surface area contributed by atoms with E-state index in [-0.39, 0.29) is 34.5 Å². The molecule has 1 atom stereocenters. The van der Waals surface area contributed by atoms with Crippen LogP contribution in [0.5, 0.6) is 0 Å². The van der Waals surface area contributed by atoms with Crippen molar-refractivity contribution >= 4 is 62.3 Å². The number of benzene rings is 3. The van der Waals surface area contributed by atoms with E-state index >= 15 is 0 Å². The van der Waals surface area contributed by atoms with E-state index in [1.807, 2.05) is 20.8 Å². The summed E-state index contributed by atoms with van der Waals surface area (Å²) in [5, 5.41) is 3.73. The van der Waals surface area contributed by atoms with Gasteiger partial charge in [-0.3, -0.25) is 13.9 Å². The Labute approximate surface area is 251 Å². The van der Waals surface area contributed by atoms with E-state index in [0.717, 1.165) is 4.31 Å². The topological polar surface area (TPSA) is 86.8 Å². The van der Waals surface area contributed by atoms with E-state index in [1.165, 1.54) is 23.1 Å². The third-order valence-corrected chi connectivity index (χ3v) is 8.78. The van der Waals surface area contributed by atoms with E-state index in [4.69, 9.17) is 34.8 Å². The van der Waals surface area contributed by atoms with Crippen LogP contribution in [0.2, 0.25) is 15.1 Å². The highest BCUT2D eigenvalue weighted by Crippen LogP contribution is 2.31. The molecule has 0 radical (unpaired) electrons. The monoisotopic (exact) mass is 623 g/mol. The van der Waals surface area contributed by atoms with Gasteiger partial charge >= 0.3 is 0 Å². The Morgan fingerprint density at radius 1 is 0.875 bits per heavy atom. The van der Waals surface area contributed by atoms with Crippen LogP contribution in [-0.2, 0) is 26.2 Å². The van der Waals surface area contributed by atoms with Gasteiger partial charge in [0, 0.05) is 12.1 Å². The summed E-state index contributed by atoms with van der Waals surface area (Å²) in [4.78, 5) is 28.8. The number of sulfonamides is 1. The van der Waals surface area contributed by atoms with Crippen LogP contribution in [0.3, 0.4) is 0 Å². The lowest BCUT2D eigenvalue weighted by molar-refractivity contribution is -0.141. The lowest BCUT2D eigenvalue weighted by Crippen LogP contribution is -2.55. The van der Waals surface area contributed by atoms with Gasteiger partial charge in [0.25, 0.3) is 10.0 Å². The molecule has 214 valence electrons. The van der Waals surface area contributed by atoms with Gasteiger partial charge in [0.2, 0.25) is 11.8 Å². The van der Waals surface area contributed by atoms with Crippen LogP contribution in [0.4, 0.5) is 5.69 Å². The Bertz CT molecular complexity index is 1460. The Morgan fingerprint density at radius 2 is 1.50 bits per heavy atom. The molecule has 0 aromatic heterocycles. The summed E-state index contributed by atoms with van der Waals surface area (Å²) in [6.45, 7) is 6.71. The van der Waals surface area contributed by atoms with Crippen molar-refractivity contribution in [3.8, 4) is 0 Å². The van der Waals surface area contributed by atoms with Gasteiger partial charge in [-0.15, -0.1) is 0 Å². The first kappa shape index (κ1) is 31.7. The number of hydrogen-bond donors (Lipinski definition) is 1. The molecule has 0 saturated carbocycles. The summed E-state index contributed by atoms with van der Waals surface area (Å²) in [6, 6.07) is 18.2. The summed E-state index contributed by atoms with van der Waals surface area (Å²) in [7, 11) is -4.21. The van der Waals surface area contributed by atoms with Crippen LogP contribution in [-0.4, -0.2) is 43.3 Å². The second-order valence-electron chi connectivity index (χ2n) is 10.2. The fourth-order valence-electron chi connectivity index (χ4n) is 4.09. The van der Waals surface area contributed by atoms with Gasteiger partial charge in [-0.2, -0.15) is 0 Å². The number of nitrogens with one attached hydrogen (secondary N) is 1. The summed E-state index contributed by atoms with van der Waals surface area (Å²) < 4.78 is 28.6. The number of halogens is 3. The second kappa shape index (κ2) is 13.3. The molecule has 0 aliphatic carbocycles. The van der Waals surface area contributed by atoms with Crippen LogP contribution < -0.4 is 9.62 Å². The molecule has 0 aliphatic heterocycles. The smallest absolute Gasteiger partial charge is 0.264 e. The summed E-state index contributed by atoms with van der Waals surface area (Å²) in [5.41, 5.74) is 0.214. The Balaban J connectivity index is 2.09. The van der Waals surface area contributed by atoms with Crippen LogP contribution in [0.1, 0.15) is 39.7 Å². The Morgan fingerprint density at radius 3 is 2.08 bits per heavy atom. The average Bonchev–Trinajstić information content (AvgIpc) is 2.89. The number of anilines is 1. The average molecular weight is 625 g/mol. The minimum atomic E-state index is -4.21. The van der Waals surface area contributed by atoms with E-state index in [9.17, 15) is 18.0 Å². The predicted molar refractivity (Wildman–Crippen MR) is 161 cm³/mol. The quantitative estimate of drug-likeness (QED) is 0.277. The van der Waals surface area contributed by atoms with Gasteiger partial charge in [-0.25, -0.2) is 8.42 Å². The number of hydrogen-bond acceptors (Lipinski definition) is 4. The van der Waals surface area contributed by atoms with Crippen molar-refractivity contribution in [3.63, 3.8) is 0 Å². The molecule has 0 heterocycles. The van der Waals surface area contributed by atoms with Crippen LogP contribution in [0, 0.1) is 0 Å². The maximum absolute atomic E-state index is 14.1. The molecule has 0 unspecified atom stereocenters. The van der Waals surface area contributed by atoms with Crippen molar-refractivity contribution < 1.29 is 18.0 Å². The minimum Gasteiger partial charge on any atom is -0.350 e. The van der Waals surface area contributed by atoms with Crippen LogP contribution >= 0.6 is 34.8 Å². The molecule has 40 heavy (non-hydrogen) atoms. The van der Waals surface area contributed by atoms with E-state index in [1.54, 1.807) is 61.5 Å². The fourth-order valence-corrected chi connectivity index (χ4v) is 6.16. The number of para-hydroxylation sites is 1. The van der Waals surface area contributed by atoms with Gasteiger partial charge in [-0.1, -0.05) is 78.1 Å². The summed E-state index contributed by atoms with van der Waals surface area (Å²) >= 11 is 18.8. The normalized spacial score (nSPS) is 12.5. The van der Waals surface area contributed by atoms with E-state index < -0.39 is 34.1 Å². The number of amides is 2. The molecule has 0 bridgehead atoms. The molecule has 3 rings (SSSR count). The summed E-state index contributed by atoms with van der Waals surface area (Å²) in [6.07, 6.45) is 0.284. The van der Waals surface area contributed by atoms with Gasteiger partial charge < -0.3 is 10.2 Å². The third kappa shape index (κ3) is 7.91. The van der Waals surface area contributed by atoms with Crippen molar-refractivity contribution in [2.45, 2.75) is 57.1 Å². The van der Waals surface area contributed by atoms with Crippen LogP contribution in [0.15, 0.2) is 77.7 Å². The van der Waals surface area contributed by atoms with E-state index in [2.05, 4.69) is 5.32 Å². The highest BCUT2D eigenvalue weighted by molar-refractivity contribution is 7.92. The van der Waals surface area contributed by atoms with Gasteiger partial charge in [0.1, 0.15) is 12.6 Å². The standard InChI is InChI=1S/C29H32Cl3N3O4S/c1-5-25(28(37)33-29(2,3)4)34(18-20-15-16-22(30)24(32)17-20)27(36)19-35(26-14-10-9-13-23(26)31)40(38,39)21-11-7-6-8-12-21/h6-17,25H,5,18-19H2,1-4H3,(H,33,37)/t25-/m1/s1. The molecule has 0 saturated heterocycles. The lowest BCUT2D eigenvalue weighted by atomic mass is 10.1. The van der Waals surface area contributed by atoms with Crippen molar-refractivity contribution in [2.75, 3.05) is 10.8 Å². The van der Waals surface area contributed by atoms with Gasteiger partial charge in [-0.05, 0) is 69.2 Å². The maximum atomic E-state index is 14.1. The first-order chi connectivity index (χ1) is 18.7. The molecule has 0 fully saturated rings. The zero-order valence-electron chi connectivity index (χ0n) is 22.7. The lowest BCUT2D eigenvalue weighted by Gasteiger charge is -2.35. The van der Waals surface area contributed by atoms with Gasteiger partial charge in [0.05, 0.1) is 25.7 Å².